The quantitative estimate of drug-likeness (QED) is 0.446. The summed E-state index contributed by atoms with van der Waals surface area (Å²) >= 11 is 0. The Morgan fingerprint density at radius 3 is 2.24 bits per heavy atom. The lowest BCUT2D eigenvalue weighted by Crippen LogP contribution is -2.49. The van der Waals surface area contributed by atoms with Crippen molar-refractivity contribution in [1.29, 1.82) is 0 Å². The third kappa shape index (κ3) is 6.27. The summed E-state index contributed by atoms with van der Waals surface area (Å²) < 4.78 is 5.63. The van der Waals surface area contributed by atoms with Crippen LogP contribution in [-0.4, -0.2) is 65.8 Å². The zero-order valence-corrected chi connectivity index (χ0v) is 21.8. The summed E-state index contributed by atoms with van der Waals surface area (Å²) in [7, 11) is 0. The Morgan fingerprint density at radius 1 is 0.892 bits per heavy atom. The second kappa shape index (κ2) is 11.7. The van der Waals surface area contributed by atoms with E-state index >= 15 is 0 Å². The zero-order chi connectivity index (χ0) is 25.6. The van der Waals surface area contributed by atoms with Gasteiger partial charge in [0.2, 0.25) is 0 Å². The largest absolute Gasteiger partial charge is 0.494 e. The first-order valence-corrected chi connectivity index (χ1v) is 13.3. The number of benzene rings is 3. The van der Waals surface area contributed by atoms with Crippen molar-refractivity contribution in [2.75, 3.05) is 39.3 Å². The molecule has 1 saturated heterocycles. The van der Waals surface area contributed by atoms with Crippen molar-refractivity contribution >= 4 is 11.6 Å². The molecule has 2 aliphatic rings. The Hall–Kier alpha value is -3.48. The minimum atomic E-state index is -0.112. The molecule has 5 rings (SSSR count). The molecular weight excluding hydrogens is 460 g/mol. The highest BCUT2D eigenvalue weighted by molar-refractivity contribution is 6.03. The maximum Gasteiger partial charge on any atom is 0.257 e. The summed E-state index contributed by atoms with van der Waals surface area (Å²) in [5.74, 6) is 0.896. The van der Waals surface area contributed by atoms with E-state index in [1.807, 2.05) is 19.1 Å². The molecule has 0 aliphatic carbocycles. The molecule has 0 unspecified atom stereocenters. The van der Waals surface area contributed by atoms with Crippen molar-refractivity contribution in [3.8, 4) is 5.75 Å². The first kappa shape index (κ1) is 25.2. The van der Waals surface area contributed by atoms with Crippen molar-refractivity contribution in [1.82, 2.24) is 14.8 Å². The van der Waals surface area contributed by atoms with E-state index in [0.29, 0.717) is 19.6 Å². The molecule has 0 spiro atoms. The highest BCUT2D eigenvalue weighted by atomic mass is 16.5. The van der Waals surface area contributed by atoms with Crippen LogP contribution in [0.4, 0.5) is 0 Å². The lowest BCUT2D eigenvalue weighted by atomic mass is 9.98. The number of carbonyl (C=O) groups is 1. The molecule has 2 heterocycles. The molecule has 0 bridgehead atoms. The summed E-state index contributed by atoms with van der Waals surface area (Å²) in [5, 5.41) is 6.60. The van der Waals surface area contributed by atoms with Crippen LogP contribution in [0.15, 0.2) is 84.0 Å². The molecule has 2 aliphatic heterocycles. The fourth-order valence-electron chi connectivity index (χ4n) is 5.08. The molecule has 3 aromatic rings. The number of rotatable bonds is 8. The maximum atomic E-state index is 13.6. The van der Waals surface area contributed by atoms with Gasteiger partial charge in [0.1, 0.15) is 5.75 Å². The number of amides is 1. The molecule has 192 valence electrons. The first-order chi connectivity index (χ1) is 18.1. The molecule has 1 fully saturated rings. The van der Waals surface area contributed by atoms with Gasteiger partial charge >= 0.3 is 0 Å². The van der Waals surface area contributed by atoms with E-state index < -0.39 is 0 Å². The topological polar surface area (TPSA) is 48.4 Å². The van der Waals surface area contributed by atoms with Crippen LogP contribution in [0, 0.1) is 6.92 Å². The van der Waals surface area contributed by atoms with Crippen molar-refractivity contribution in [2.45, 2.75) is 32.9 Å². The van der Waals surface area contributed by atoms with Gasteiger partial charge in [0, 0.05) is 39.1 Å². The zero-order valence-electron chi connectivity index (χ0n) is 21.8. The SMILES string of the molecule is CCOc1ccc([C@H]2CC(c3ccc(C)cc3)=NN2C(=O)CN2CCN(Cc3ccccc3)CC2)cc1. The van der Waals surface area contributed by atoms with E-state index in [0.717, 1.165) is 55.3 Å². The van der Waals surface area contributed by atoms with Crippen molar-refractivity contribution in [3.63, 3.8) is 0 Å². The number of ether oxygens (including phenoxy) is 1. The lowest BCUT2D eigenvalue weighted by Gasteiger charge is -2.35. The van der Waals surface area contributed by atoms with Crippen LogP contribution in [0.25, 0.3) is 0 Å². The van der Waals surface area contributed by atoms with Gasteiger partial charge in [-0.15, -0.1) is 0 Å². The van der Waals surface area contributed by atoms with Crippen molar-refractivity contribution in [3.05, 3.63) is 101 Å². The van der Waals surface area contributed by atoms with E-state index in [1.54, 1.807) is 5.01 Å². The molecular formula is C31H36N4O2. The van der Waals surface area contributed by atoms with Crippen molar-refractivity contribution < 1.29 is 9.53 Å². The number of carbonyl (C=O) groups excluding carboxylic acids is 1. The highest BCUT2D eigenvalue weighted by Gasteiger charge is 2.34. The van der Waals surface area contributed by atoms with E-state index in [4.69, 9.17) is 9.84 Å². The third-order valence-electron chi connectivity index (χ3n) is 7.20. The Kier molecular flexibility index (Phi) is 7.97. The molecule has 1 atom stereocenters. The van der Waals surface area contributed by atoms with Gasteiger partial charge in [0.25, 0.3) is 5.91 Å². The number of piperazine rings is 1. The number of aryl methyl sites for hydroxylation is 1. The van der Waals surface area contributed by atoms with Gasteiger partial charge in [-0.05, 0) is 42.7 Å². The number of nitrogens with zero attached hydrogens (tertiary/aromatic N) is 4. The fraction of sp³-hybridized carbons (Fsp3) is 0.355. The van der Waals surface area contributed by atoms with E-state index in [-0.39, 0.29) is 11.9 Å². The van der Waals surface area contributed by atoms with E-state index in [9.17, 15) is 4.79 Å². The standard InChI is InChI=1S/C31H36N4O2/c1-3-37-28-15-13-27(14-16-28)30-21-29(26-11-9-24(2)10-12-26)32-35(30)31(36)23-34-19-17-33(18-20-34)22-25-7-5-4-6-8-25/h4-16,30H,3,17-23H2,1-2H3/t30-/m1/s1. The Morgan fingerprint density at radius 2 is 1.57 bits per heavy atom. The van der Waals surface area contributed by atoms with Crippen LogP contribution < -0.4 is 4.74 Å². The molecule has 6 nitrogen and oxygen atoms in total. The van der Waals surface area contributed by atoms with Gasteiger partial charge < -0.3 is 4.74 Å². The molecule has 37 heavy (non-hydrogen) atoms. The second-order valence-electron chi connectivity index (χ2n) is 9.91. The van der Waals surface area contributed by atoms with Gasteiger partial charge in [0.05, 0.1) is 24.9 Å². The molecule has 0 aromatic heterocycles. The van der Waals surface area contributed by atoms with Crippen LogP contribution in [0.3, 0.4) is 0 Å². The van der Waals surface area contributed by atoms with Crippen LogP contribution in [0.2, 0.25) is 0 Å². The Labute approximate surface area is 220 Å². The van der Waals surface area contributed by atoms with Gasteiger partial charge in [-0.2, -0.15) is 5.10 Å². The summed E-state index contributed by atoms with van der Waals surface area (Å²) in [5.41, 5.74) is 5.66. The molecule has 3 aromatic carbocycles. The number of hydrogen-bond donors (Lipinski definition) is 0. The fourth-order valence-corrected chi connectivity index (χ4v) is 5.08. The van der Waals surface area contributed by atoms with Crippen LogP contribution in [-0.2, 0) is 11.3 Å². The average Bonchev–Trinajstić information content (AvgIpc) is 3.37. The average molecular weight is 497 g/mol. The lowest BCUT2D eigenvalue weighted by molar-refractivity contribution is -0.134. The predicted molar refractivity (Wildman–Crippen MR) is 148 cm³/mol. The van der Waals surface area contributed by atoms with Crippen molar-refractivity contribution in [2.24, 2.45) is 5.10 Å². The normalized spacial score (nSPS) is 18.6. The van der Waals surface area contributed by atoms with E-state index in [2.05, 4.69) is 83.5 Å². The summed E-state index contributed by atoms with van der Waals surface area (Å²) in [6.07, 6.45) is 0.702. The summed E-state index contributed by atoms with van der Waals surface area (Å²) in [6, 6.07) is 27.0. The van der Waals surface area contributed by atoms with Gasteiger partial charge in [0.15, 0.2) is 0 Å². The smallest absolute Gasteiger partial charge is 0.257 e. The second-order valence-corrected chi connectivity index (χ2v) is 9.91. The van der Waals surface area contributed by atoms with Gasteiger partial charge in [-0.25, -0.2) is 5.01 Å². The predicted octanol–water partition coefficient (Wildman–Crippen LogP) is 4.89. The third-order valence-corrected chi connectivity index (χ3v) is 7.20. The summed E-state index contributed by atoms with van der Waals surface area (Å²) in [6.45, 7) is 9.73. The van der Waals surface area contributed by atoms with Crippen LogP contribution in [0.5, 0.6) is 5.75 Å². The first-order valence-electron chi connectivity index (χ1n) is 13.3. The van der Waals surface area contributed by atoms with Crippen LogP contribution >= 0.6 is 0 Å². The Balaban J connectivity index is 1.27. The molecule has 1 amide bonds. The van der Waals surface area contributed by atoms with Gasteiger partial charge in [-0.3, -0.25) is 14.6 Å². The molecule has 6 heteroatoms. The number of hydrazone groups is 1. The number of hydrogen-bond acceptors (Lipinski definition) is 5. The van der Waals surface area contributed by atoms with Gasteiger partial charge in [-0.1, -0.05) is 72.3 Å². The molecule has 0 radical (unpaired) electrons. The summed E-state index contributed by atoms with van der Waals surface area (Å²) in [4.78, 5) is 18.3. The minimum Gasteiger partial charge on any atom is -0.494 e. The monoisotopic (exact) mass is 496 g/mol. The Bertz CT molecular complexity index is 1200. The minimum absolute atomic E-state index is 0.0532. The molecule has 0 N–H and O–H groups in total. The maximum absolute atomic E-state index is 13.6. The highest BCUT2D eigenvalue weighted by Crippen LogP contribution is 2.34. The van der Waals surface area contributed by atoms with Crippen LogP contribution in [0.1, 0.15) is 41.6 Å². The van der Waals surface area contributed by atoms with E-state index in [1.165, 1.54) is 11.1 Å². The molecule has 0 saturated carbocycles.